The lowest BCUT2D eigenvalue weighted by molar-refractivity contribution is 0.00532. The zero-order valence-corrected chi connectivity index (χ0v) is 18.7. The van der Waals surface area contributed by atoms with Gasteiger partial charge in [-0.1, -0.05) is 30.3 Å². The molecule has 1 fully saturated rings. The number of benzene rings is 1. The molecular weight excluding hydrogens is 412 g/mol. The Morgan fingerprint density at radius 1 is 1.09 bits per heavy atom. The predicted octanol–water partition coefficient (Wildman–Crippen LogP) is 1.61. The average Bonchev–Trinajstić information content (AvgIpc) is 2.70. The SMILES string of the molecule is CNC(=O)c1cc(C(=O)NC2CN(C(=O)OC(C)(C)C)C2)cn(Cc2ccccc2)c1=O. The minimum absolute atomic E-state index is 0.111. The van der Waals surface area contributed by atoms with Crippen LogP contribution in [0, 0.1) is 0 Å². The zero-order valence-electron chi connectivity index (χ0n) is 18.7. The minimum atomic E-state index is -0.589. The van der Waals surface area contributed by atoms with E-state index in [-0.39, 0.29) is 23.7 Å². The summed E-state index contributed by atoms with van der Waals surface area (Å²) in [6, 6.07) is 10.3. The molecule has 0 spiro atoms. The molecule has 1 aliphatic heterocycles. The standard InChI is InChI=1S/C23H28N4O5/c1-23(2,3)32-22(31)27-13-17(14-27)25-19(28)16-10-18(20(29)24-4)21(30)26(12-16)11-15-8-6-5-7-9-15/h5-10,12,17H,11,13-14H2,1-4H3,(H,24,29)(H,25,28). The number of hydrogen-bond donors (Lipinski definition) is 2. The number of nitrogens with zero attached hydrogens (tertiary/aromatic N) is 2. The second-order valence-corrected chi connectivity index (χ2v) is 8.70. The number of amides is 3. The zero-order chi connectivity index (χ0) is 23.5. The highest BCUT2D eigenvalue weighted by Gasteiger charge is 2.34. The monoisotopic (exact) mass is 440 g/mol. The highest BCUT2D eigenvalue weighted by molar-refractivity contribution is 5.99. The van der Waals surface area contributed by atoms with Gasteiger partial charge in [0, 0.05) is 26.3 Å². The molecule has 1 saturated heterocycles. The molecule has 1 aliphatic rings. The molecule has 170 valence electrons. The maximum absolute atomic E-state index is 12.8. The van der Waals surface area contributed by atoms with Gasteiger partial charge >= 0.3 is 6.09 Å². The number of hydrogen-bond acceptors (Lipinski definition) is 5. The van der Waals surface area contributed by atoms with Gasteiger partial charge in [0.2, 0.25) is 0 Å². The minimum Gasteiger partial charge on any atom is -0.444 e. The van der Waals surface area contributed by atoms with E-state index in [4.69, 9.17) is 4.74 Å². The van der Waals surface area contributed by atoms with Crippen molar-refractivity contribution < 1.29 is 19.1 Å². The van der Waals surface area contributed by atoms with Crippen LogP contribution < -0.4 is 16.2 Å². The molecule has 0 aliphatic carbocycles. The Morgan fingerprint density at radius 3 is 2.34 bits per heavy atom. The Hall–Kier alpha value is -3.62. The number of nitrogens with one attached hydrogen (secondary N) is 2. The van der Waals surface area contributed by atoms with Crippen LogP contribution in [-0.2, 0) is 11.3 Å². The quantitative estimate of drug-likeness (QED) is 0.734. The van der Waals surface area contributed by atoms with Crippen LogP contribution in [0.25, 0.3) is 0 Å². The van der Waals surface area contributed by atoms with E-state index >= 15 is 0 Å². The fourth-order valence-corrected chi connectivity index (χ4v) is 3.27. The highest BCUT2D eigenvalue weighted by Crippen LogP contribution is 2.16. The van der Waals surface area contributed by atoms with Crippen LogP contribution in [0.4, 0.5) is 4.79 Å². The van der Waals surface area contributed by atoms with Gasteiger partial charge in [-0.25, -0.2) is 4.79 Å². The first-order valence-electron chi connectivity index (χ1n) is 10.4. The Kier molecular flexibility index (Phi) is 6.67. The third-order valence-corrected chi connectivity index (χ3v) is 4.88. The van der Waals surface area contributed by atoms with E-state index in [0.29, 0.717) is 13.1 Å². The van der Waals surface area contributed by atoms with Gasteiger partial charge in [-0.3, -0.25) is 14.4 Å². The van der Waals surface area contributed by atoms with Crippen molar-refractivity contribution in [2.75, 3.05) is 20.1 Å². The van der Waals surface area contributed by atoms with E-state index in [1.807, 2.05) is 30.3 Å². The van der Waals surface area contributed by atoms with Gasteiger partial charge in [-0.05, 0) is 32.4 Å². The van der Waals surface area contributed by atoms with Crippen molar-refractivity contribution in [2.45, 2.75) is 39.0 Å². The Labute approximate surface area is 186 Å². The Morgan fingerprint density at radius 2 is 1.75 bits per heavy atom. The lowest BCUT2D eigenvalue weighted by atomic mass is 10.1. The molecule has 0 saturated carbocycles. The first kappa shape index (κ1) is 23.1. The van der Waals surface area contributed by atoms with Crippen LogP contribution in [0.3, 0.4) is 0 Å². The third kappa shape index (κ3) is 5.54. The van der Waals surface area contributed by atoms with E-state index in [0.717, 1.165) is 5.56 Å². The molecule has 2 N–H and O–H groups in total. The lowest BCUT2D eigenvalue weighted by Crippen LogP contribution is -2.61. The average molecular weight is 441 g/mol. The van der Waals surface area contributed by atoms with Crippen LogP contribution in [-0.4, -0.2) is 59.2 Å². The summed E-state index contributed by atoms with van der Waals surface area (Å²) < 4.78 is 6.66. The van der Waals surface area contributed by atoms with Gasteiger partial charge < -0.3 is 24.8 Å². The van der Waals surface area contributed by atoms with E-state index in [1.54, 1.807) is 20.8 Å². The largest absolute Gasteiger partial charge is 0.444 e. The number of ether oxygens (including phenoxy) is 1. The molecule has 9 heteroatoms. The third-order valence-electron chi connectivity index (χ3n) is 4.88. The summed E-state index contributed by atoms with van der Waals surface area (Å²) in [4.78, 5) is 51.4. The van der Waals surface area contributed by atoms with Crippen LogP contribution in [0.15, 0.2) is 47.4 Å². The van der Waals surface area contributed by atoms with Crippen LogP contribution in [0.1, 0.15) is 47.1 Å². The number of carbonyl (C=O) groups excluding carboxylic acids is 3. The Balaban J connectivity index is 1.75. The second kappa shape index (κ2) is 9.25. The fraction of sp³-hybridized carbons (Fsp3) is 0.391. The van der Waals surface area contributed by atoms with Gasteiger partial charge in [-0.15, -0.1) is 0 Å². The molecule has 9 nitrogen and oxygen atoms in total. The van der Waals surface area contributed by atoms with Gasteiger partial charge in [-0.2, -0.15) is 0 Å². The lowest BCUT2D eigenvalue weighted by Gasteiger charge is -2.39. The summed E-state index contributed by atoms with van der Waals surface area (Å²) >= 11 is 0. The van der Waals surface area contributed by atoms with Crippen LogP contribution >= 0.6 is 0 Å². The van der Waals surface area contributed by atoms with Gasteiger partial charge in [0.25, 0.3) is 17.4 Å². The number of pyridine rings is 1. The molecule has 0 atom stereocenters. The molecule has 32 heavy (non-hydrogen) atoms. The second-order valence-electron chi connectivity index (χ2n) is 8.70. The van der Waals surface area contributed by atoms with Crippen molar-refractivity contribution in [3.05, 3.63) is 69.6 Å². The van der Waals surface area contributed by atoms with Crippen molar-refractivity contribution in [1.82, 2.24) is 20.1 Å². The van der Waals surface area contributed by atoms with E-state index < -0.39 is 29.1 Å². The number of carbonyl (C=O) groups is 3. The molecule has 0 bridgehead atoms. The van der Waals surface area contributed by atoms with Crippen molar-refractivity contribution in [3.8, 4) is 0 Å². The maximum atomic E-state index is 12.8. The summed E-state index contributed by atoms with van der Waals surface area (Å²) in [6.45, 7) is 6.24. The normalized spacial score (nSPS) is 13.8. The summed E-state index contributed by atoms with van der Waals surface area (Å²) in [7, 11) is 1.43. The topological polar surface area (TPSA) is 110 Å². The van der Waals surface area contributed by atoms with Crippen LogP contribution in [0.2, 0.25) is 0 Å². The Bertz CT molecular complexity index is 1070. The molecule has 1 aromatic carbocycles. The van der Waals surface area contributed by atoms with Crippen molar-refractivity contribution in [3.63, 3.8) is 0 Å². The van der Waals surface area contributed by atoms with E-state index in [1.165, 1.54) is 28.8 Å². The summed E-state index contributed by atoms with van der Waals surface area (Å²) in [5.74, 6) is -0.989. The first-order chi connectivity index (χ1) is 15.1. The number of likely N-dealkylation sites (tertiary alicyclic amines) is 1. The fourth-order valence-electron chi connectivity index (χ4n) is 3.27. The van der Waals surface area contributed by atoms with E-state index in [9.17, 15) is 19.2 Å². The molecule has 3 amide bonds. The predicted molar refractivity (Wildman–Crippen MR) is 119 cm³/mol. The smallest absolute Gasteiger partial charge is 0.410 e. The summed E-state index contributed by atoms with van der Waals surface area (Å²) in [5.41, 5.74) is -0.130. The van der Waals surface area contributed by atoms with Crippen LogP contribution in [0.5, 0.6) is 0 Å². The molecule has 3 rings (SSSR count). The summed E-state index contributed by atoms with van der Waals surface area (Å²) in [5, 5.41) is 5.28. The molecule has 1 aromatic heterocycles. The van der Waals surface area contributed by atoms with Gasteiger partial charge in [0.15, 0.2) is 0 Å². The molecule has 0 radical (unpaired) electrons. The number of aromatic nitrogens is 1. The maximum Gasteiger partial charge on any atom is 0.410 e. The highest BCUT2D eigenvalue weighted by atomic mass is 16.6. The molecule has 2 aromatic rings. The molecule has 0 unspecified atom stereocenters. The first-order valence-corrected chi connectivity index (χ1v) is 10.4. The molecule has 2 heterocycles. The van der Waals surface area contributed by atoms with Crippen molar-refractivity contribution in [1.29, 1.82) is 0 Å². The van der Waals surface area contributed by atoms with Gasteiger partial charge in [0.1, 0.15) is 11.2 Å². The van der Waals surface area contributed by atoms with E-state index in [2.05, 4.69) is 10.6 Å². The van der Waals surface area contributed by atoms with Crippen molar-refractivity contribution >= 4 is 17.9 Å². The summed E-state index contributed by atoms with van der Waals surface area (Å²) in [6.07, 6.45) is 1.02. The van der Waals surface area contributed by atoms with Gasteiger partial charge in [0.05, 0.1) is 18.2 Å². The number of rotatable bonds is 5. The molecular formula is C23H28N4O5. The van der Waals surface area contributed by atoms with Crippen molar-refractivity contribution in [2.24, 2.45) is 0 Å².